The molecule has 0 unspecified atom stereocenters. The maximum absolute atomic E-state index is 13.3. The number of rotatable bonds is 5. The van der Waals surface area contributed by atoms with E-state index in [0.29, 0.717) is 10.2 Å². The van der Waals surface area contributed by atoms with E-state index in [1.807, 2.05) is 0 Å². The van der Waals surface area contributed by atoms with Gasteiger partial charge in [0.1, 0.15) is 11.4 Å². The highest BCUT2D eigenvalue weighted by Gasteiger charge is 2.34. The smallest absolute Gasteiger partial charge is 0.340 e. The molecule has 1 saturated carbocycles. The van der Waals surface area contributed by atoms with Gasteiger partial charge in [0.15, 0.2) is 5.78 Å². The molecule has 0 atom stereocenters. The molecule has 1 fully saturated rings. The van der Waals surface area contributed by atoms with Crippen LogP contribution in [-0.2, 0) is 9.59 Å². The maximum Gasteiger partial charge on any atom is 0.340 e. The average Bonchev–Trinajstić information content (AvgIpc) is 3.17. The summed E-state index contributed by atoms with van der Waals surface area (Å²) >= 11 is 3.02. The zero-order valence-corrected chi connectivity index (χ0v) is 11.4. The summed E-state index contributed by atoms with van der Waals surface area (Å²) < 4.78 is 13.6. The first-order valence-corrected chi connectivity index (χ1v) is 6.47. The Morgan fingerprint density at radius 2 is 2.11 bits per heavy atom. The van der Waals surface area contributed by atoms with Crippen molar-refractivity contribution in [1.82, 2.24) is 0 Å². The van der Waals surface area contributed by atoms with Gasteiger partial charge in [-0.2, -0.15) is 0 Å². The van der Waals surface area contributed by atoms with E-state index in [1.165, 1.54) is 12.1 Å². The van der Waals surface area contributed by atoms with Crippen LogP contribution in [0.3, 0.4) is 0 Å². The molecule has 1 aromatic rings. The van der Waals surface area contributed by atoms with Crippen LogP contribution in [0.5, 0.6) is 0 Å². The second-order valence-corrected chi connectivity index (χ2v) is 5.13. The fourth-order valence-corrected chi connectivity index (χ4v) is 1.79. The largest absolute Gasteiger partial charge is 0.478 e. The molecule has 0 aliphatic heterocycles. The van der Waals surface area contributed by atoms with Gasteiger partial charge in [-0.1, -0.05) is 0 Å². The third-order valence-corrected chi connectivity index (χ3v) is 3.39. The fourth-order valence-electron chi connectivity index (χ4n) is 1.55. The van der Waals surface area contributed by atoms with Gasteiger partial charge in [-0.15, -0.1) is 0 Å². The molecular formula is C13H11BrFNO3. The number of aliphatic carboxylic acids is 1. The zero-order chi connectivity index (χ0) is 14.0. The first kappa shape index (κ1) is 13.7. The summed E-state index contributed by atoms with van der Waals surface area (Å²) in [5.41, 5.74) is 0.0777. The molecule has 0 spiro atoms. The molecule has 0 radical (unpaired) electrons. The molecule has 0 heterocycles. The van der Waals surface area contributed by atoms with Crippen LogP contribution in [0.1, 0.15) is 12.8 Å². The highest BCUT2D eigenvalue weighted by Crippen LogP contribution is 2.32. The number of ketones is 1. The topological polar surface area (TPSA) is 66.4 Å². The summed E-state index contributed by atoms with van der Waals surface area (Å²) in [5.74, 6) is -2.30. The maximum atomic E-state index is 13.3. The van der Waals surface area contributed by atoms with Crippen LogP contribution in [0.15, 0.2) is 34.4 Å². The van der Waals surface area contributed by atoms with Gasteiger partial charge >= 0.3 is 5.97 Å². The minimum atomic E-state index is -1.28. The van der Waals surface area contributed by atoms with Crippen molar-refractivity contribution in [2.24, 2.45) is 5.92 Å². The molecule has 2 rings (SSSR count). The number of hydrogen-bond acceptors (Lipinski definition) is 3. The number of benzene rings is 1. The second kappa shape index (κ2) is 5.52. The van der Waals surface area contributed by atoms with E-state index in [0.717, 1.165) is 19.0 Å². The summed E-state index contributed by atoms with van der Waals surface area (Å²) in [4.78, 5) is 22.7. The highest BCUT2D eigenvalue weighted by atomic mass is 79.9. The van der Waals surface area contributed by atoms with Crippen LogP contribution in [0.2, 0.25) is 0 Å². The molecule has 0 saturated heterocycles. The van der Waals surface area contributed by atoms with Crippen molar-refractivity contribution in [3.05, 3.63) is 40.3 Å². The lowest BCUT2D eigenvalue weighted by Gasteiger charge is -2.04. The van der Waals surface area contributed by atoms with Crippen molar-refractivity contribution in [2.45, 2.75) is 12.8 Å². The van der Waals surface area contributed by atoms with Gasteiger partial charge in [0.25, 0.3) is 0 Å². The first-order chi connectivity index (χ1) is 8.99. The average molecular weight is 328 g/mol. The molecule has 0 aromatic heterocycles. The Kier molecular flexibility index (Phi) is 3.99. The van der Waals surface area contributed by atoms with E-state index in [2.05, 4.69) is 21.2 Å². The first-order valence-electron chi connectivity index (χ1n) is 5.68. The zero-order valence-electron chi connectivity index (χ0n) is 9.82. The monoisotopic (exact) mass is 327 g/mol. The molecule has 100 valence electrons. The third-order valence-electron chi connectivity index (χ3n) is 2.75. The second-order valence-electron chi connectivity index (χ2n) is 4.27. The minimum Gasteiger partial charge on any atom is -0.478 e. The fraction of sp³-hybridized carbons (Fsp3) is 0.231. The molecule has 1 aromatic carbocycles. The molecular weight excluding hydrogens is 317 g/mol. The Labute approximate surface area is 117 Å². The Morgan fingerprint density at radius 1 is 1.42 bits per heavy atom. The molecule has 19 heavy (non-hydrogen) atoms. The summed E-state index contributed by atoms with van der Waals surface area (Å²) in [6.07, 6.45) is 2.58. The number of carbonyl (C=O) groups is 2. The summed E-state index contributed by atoms with van der Waals surface area (Å²) in [5, 5.41) is 11.6. The number of anilines is 1. The van der Waals surface area contributed by atoms with Crippen LogP contribution in [0, 0.1) is 11.7 Å². The van der Waals surface area contributed by atoms with Crippen LogP contribution >= 0.6 is 15.9 Å². The van der Waals surface area contributed by atoms with Crippen molar-refractivity contribution in [1.29, 1.82) is 0 Å². The van der Waals surface area contributed by atoms with E-state index in [4.69, 9.17) is 5.11 Å². The van der Waals surface area contributed by atoms with Crippen LogP contribution < -0.4 is 5.32 Å². The van der Waals surface area contributed by atoms with E-state index >= 15 is 0 Å². The summed E-state index contributed by atoms with van der Waals surface area (Å²) in [7, 11) is 0. The number of nitrogens with one attached hydrogen (secondary N) is 1. The van der Waals surface area contributed by atoms with E-state index in [1.54, 1.807) is 6.07 Å². The van der Waals surface area contributed by atoms with Crippen molar-refractivity contribution in [2.75, 3.05) is 5.32 Å². The SMILES string of the molecule is O=C(O)/C(=C/Nc1ccc(Br)c(F)c1)C(=O)C1CC1. The number of halogens is 2. The molecule has 0 bridgehead atoms. The van der Waals surface area contributed by atoms with Crippen LogP contribution in [0.25, 0.3) is 0 Å². The molecule has 1 aliphatic carbocycles. The van der Waals surface area contributed by atoms with Crippen LogP contribution in [0.4, 0.5) is 10.1 Å². The Hall–Kier alpha value is -1.69. The van der Waals surface area contributed by atoms with Gasteiger partial charge in [-0.25, -0.2) is 9.18 Å². The van der Waals surface area contributed by atoms with E-state index in [9.17, 15) is 14.0 Å². The summed E-state index contributed by atoms with van der Waals surface area (Å²) in [6.45, 7) is 0. The van der Waals surface area contributed by atoms with Gasteiger partial charge in [0.05, 0.1) is 4.47 Å². The molecule has 0 amide bonds. The lowest BCUT2D eigenvalue weighted by molar-refractivity contribution is -0.134. The van der Waals surface area contributed by atoms with Gasteiger partial charge in [0.2, 0.25) is 0 Å². The van der Waals surface area contributed by atoms with Gasteiger partial charge in [0, 0.05) is 17.8 Å². The molecule has 2 N–H and O–H groups in total. The van der Waals surface area contributed by atoms with Crippen molar-refractivity contribution in [3.63, 3.8) is 0 Å². The Bertz CT molecular complexity index is 567. The molecule has 1 aliphatic rings. The van der Waals surface area contributed by atoms with Crippen molar-refractivity contribution < 1.29 is 19.1 Å². The normalized spacial score (nSPS) is 15.2. The predicted octanol–water partition coefficient (Wildman–Crippen LogP) is 2.95. The summed E-state index contributed by atoms with van der Waals surface area (Å²) in [6, 6.07) is 4.28. The lowest BCUT2D eigenvalue weighted by atomic mass is 10.1. The number of hydrogen-bond donors (Lipinski definition) is 2. The van der Waals surface area contributed by atoms with Gasteiger partial charge < -0.3 is 10.4 Å². The number of carboxylic acid groups (broad SMARTS) is 1. The van der Waals surface area contributed by atoms with Crippen LogP contribution in [-0.4, -0.2) is 16.9 Å². The van der Waals surface area contributed by atoms with E-state index < -0.39 is 11.8 Å². The quantitative estimate of drug-likeness (QED) is 0.495. The number of carbonyl (C=O) groups excluding carboxylic acids is 1. The van der Waals surface area contributed by atoms with Gasteiger partial charge in [-0.05, 0) is 47.0 Å². The highest BCUT2D eigenvalue weighted by molar-refractivity contribution is 9.10. The number of Topliss-reactive ketones (excluding diaryl/α,β-unsaturated/α-hetero) is 1. The van der Waals surface area contributed by atoms with Gasteiger partial charge in [-0.3, -0.25) is 4.79 Å². The Morgan fingerprint density at radius 3 is 2.63 bits per heavy atom. The predicted molar refractivity (Wildman–Crippen MR) is 71.2 cm³/mol. The van der Waals surface area contributed by atoms with Crippen molar-refractivity contribution in [3.8, 4) is 0 Å². The standard InChI is InChI=1S/C13H11BrFNO3/c14-10-4-3-8(5-11(10)15)16-6-9(13(18)19)12(17)7-1-2-7/h3-7,16H,1-2H2,(H,18,19)/b9-6+. The Balaban J connectivity index is 2.15. The van der Waals surface area contributed by atoms with E-state index in [-0.39, 0.29) is 17.3 Å². The lowest BCUT2D eigenvalue weighted by Crippen LogP contribution is -2.15. The van der Waals surface area contributed by atoms with Crippen molar-refractivity contribution >= 4 is 33.4 Å². The molecule has 6 heteroatoms. The minimum absolute atomic E-state index is 0.175. The number of carboxylic acids is 1. The third kappa shape index (κ3) is 3.41. The molecule has 4 nitrogen and oxygen atoms in total.